The molecule has 1 rings (SSSR count). The summed E-state index contributed by atoms with van der Waals surface area (Å²) < 4.78 is 40.3. The Morgan fingerprint density at radius 3 is 2.21 bits per heavy atom. The zero-order valence-electron chi connectivity index (χ0n) is 6.95. The molecular weight excluding hydrogens is 213 g/mol. The van der Waals surface area contributed by atoms with Crippen LogP contribution in [0.25, 0.3) is 0 Å². The van der Waals surface area contributed by atoms with Crippen molar-refractivity contribution in [2.45, 2.75) is 6.18 Å². The molecule has 0 atom stereocenters. The van der Waals surface area contributed by atoms with Crippen LogP contribution in [-0.2, 0) is 0 Å². The SMILES string of the molecule is NS/N=C(\c1ccccc1)C(F)(F)F. The van der Waals surface area contributed by atoms with Crippen molar-refractivity contribution in [1.82, 2.24) is 0 Å². The van der Waals surface area contributed by atoms with Gasteiger partial charge in [0.05, 0.1) is 12.1 Å². The third-order valence-corrected chi connectivity index (χ3v) is 1.75. The molecule has 0 fully saturated rings. The second-order valence-corrected chi connectivity index (χ2v) is 2.80. The van der Waals surface area contributed by atoms with E-state index in [2.05, 4.69) is 4.40 Å². The van der Waals surface area contributed by atoms with E-state index >= 15 is 0 Å². The summed E-state index contributed by atoms with van der Waals surface area (Å²) in [6, 6.07) is 7.33. The molecule has 0 saturated heterocycles. The van der Waals surface area contributed by atoms with Gasteiger partial charge in [-0.3, -0.25) is 5.14 Å². The number of alkyl halides is 3. The summed E-state index contributed by atoms with van der Waals surface area (Å²) in [5.41, 5.74) is -0.955. The van der Waals surface area contributed by atoms with Crippen LogP contribution in [0.15, 0.2) is 34.7 Å². The number of hydrogen-bond acceptors (Lipinski definition) is 3. The van der Waals surface area contributed by atoms with Gasteiger partial charge in [0.2, 0.25) is 0 Å². The molecule has 2 nitrogen and oxygen atoms in total. The standard InChI is InChI=1S/C8H7F3N2S/c9-8(10,11)7(13-14-12)6-4-2-1-3-5-6/h1-5H,12H2/b13-7+. The second-order valence-electron chi connectivity index (χ2n) is 2.41. The summed E-state index contributed by atoms with van der Waals surface area (Å²) in [4.78, 5) is 0. The van der Waals surface area contributed by atoms with Gasteiger partial charge in [0.1, 0.15) is 0 Å². The van der Waals surface area contributed by atoms with Crippen LogP contribution in [0.5, 0.6) is 0 Å². The van der Waals surface area contributed by atoms with Gasteiger partial charge in [-0.25, -0.2) is 0 Å². The lowest BCUT2D eigenvalue weighted by atomic mass is 10.1. The molecule has 0 spiro atoms. The van der Waals surface area contributed by atoms with Crippen molar-refractivity contribution < 1.29 is 13.2 Å². The molecule has 0 unspecified atom stereocenters. The van der Waals surface area contributed by atoms with Crippen molar-refractivity contribution in [1.29, 1.82) is 0 Å². The molecule has 0 radical (unpaired) electrons. The van der Waals surface area contributed by atoms with Gasteiger partial charge < -0.3 is 0 Å². The Hall–Kier alpha value is -1.01. The molecule has 6 heteroatoms. The Labute approximate surface area is 83.3 Å². The van der Waals surface area contributed by atoms with E-state index in [-0.39, 0.29) is 5.56 Å². The van der Waals surface area contributed by atoms with E-state index in [1.165, 1.54) is 24.3 Å². The number of hydrogen-bond donors (Lipinski definition) is 1. The predicted molar refractivity (Wildman–Crippen MR) is 50.8 cm³/mol. The smallest absolute Gasteiger partial charge is 0.258 e. The number of halogens is 3. The average Bonchev–Trinajstić information content (AvgIpc) is 2.14. The van der Waals surface area contributed by atoms with E-state index in [9.17, 15) is 13.2 Å². The lowest BCUT2D eigenvalue weighted by Gasteiger charge is -2.09. The maximum absolute atomic E-state index is 12.4. The number of nitrogens with zero attached hydrogens (tertiary/aromatic N) is 1. The van der Waals surface area contributed by atoms with Crippen LogP contribution in [0.4, 0.5) is 13.2 Å². The van der Waals surface area contributed by atoms with Crippen LogP contribution in [0.2, 0.25) is 0 Å². The van der Waals surface area contributed by atoms with Crippen molar-refractivity contribution >= 4 is 17.8 Å². The van der Waals surface area contributed by atoms with Crippen LogP contribution in [0.1, 0.15) is 5.56 Å². The Bertz CT molecular complexity index is 321. The fourth-order valence-corrected chi connectivity index (χ4v) is 1.23. The monoisotopic (exact) mass is 220 g/mol. The van der Waals surface area contributed by atoms with E-state index in [4.69, 9.17) is 5.14 Å². The molecule has 0 saturated carbocycles. The Morgan fingerprint density at radius 2 is 1.79 bits per heavy atom. The molecule has 0 heterocycles. The van der Waals surface area contributed by atoms with E-state index in [0.717, 1.165) is 0 Å². The zero-order chi connectivity index (χ0) is 10.6. The summed E-state index contributed by atoms with van der Waals surface area (Å²) in [5, 5.41) is 4.89. The highest BCUT2D eigenvalue weighted by molar-refractivity contribution is 7.95. The molecule has 76 valence electrons. The maximum atomic E-state index is 12.4. The fourth-order valence-electron chi connectivity index (χ4n) is 0.917. The van der Waals surface area contributed by atoms with Gasteiger partial charge in [0, 0.05) is 5.56 Å². The minimum absolute atomic E-state index is 0.0120. The molecule has 1 aromatic carbocycles. The van der Waals surface area contributed by atoms with Crippen molar-refractivity contribution in [3.8, 4) is 0 Å². The molecule has 0 bridgehead atoms. The van der Waals surface area contributed by atoms with Crippen LogP contribution in [-0.4, -0.2) is 11.9 Å². The minimum atomic E-state index is -4.48. The lowest BCUT2D eigenvalue weighted by Crippen LogP contribution is -2.23. The maximum Gasteiger partial charge on any atom is 0.434 e. The summed E-state index contributed by atoms with van der Waals surface area (Å²) in [7, 11) is 0. The number of nitrogens with two attached hydrogens (primary N) is 1. The van der Waals surface area contributed by atoms with Crippen molar-refractivity contribution in [3.63, 3.8) is 0 Å². The van der Waals surface area contributed by atoms with Gasteiger partial charge in [0.25, 0.3) is 0 Å². The van der Waals surface area contributed by atoms with Crippen LogP contribution >= 0.6 is 12.1 Å². The molecule has 0 amide bonds. The Morgan fingerprint density at radius 1 is 1.21 bits per heavy atom. The normalized spacial score (nSPS) is 13.0. The summed E-state index contributed by atoms with van der Waals surface area (Å²) in [5.74, 6) is 0. The van der Waals surface area contributed by atoms with Crippen molar-refractivity contribution in [3.05, 3.63) is 35.9 Å². The summed E-state index contributed by atoms with van der Waals surface area (Å²) >= 11 is 0.299. The first-order valence-corrected chi connectivity index (χ1v) is 4.46. The van der Waals surface area contributed by atoms with E-state index in [1.807, 2.05) is 0 Å². The lowest BCUT2D eigenvalue weighted by molar-refractivity contribution is -0.0578. The van der Waals surface area contributed by atoms with Crippen LogP contribution in [0, 0.1) is 0 Å². The minimum Gasteiger partial charge on any atom is -0.258 e. The molecular formula is C8H7F3N2S. The molecule has 0 aromatic heterocycles. The van der Waals surface area contributed by atoms with Crippen molar-refractivity contribution in [2.24, 2.45) is 9.54 Å². The fraction of sp³-hybridized carbons (Fsp3) is 0.125. The predicted octanol–water partition coefficient (Wildman–Crippen LogP) is 2.56. The molecule has 0 aliphatic rings. The Balaban J connectivity index is 3.09. The highest BCUT2D eigenvalue weighted by atomic mass is 32.2. The molecule has 0 aliphatic carbocycles. The highest BCUT2D eigenvalue weighted by Crippen LogP contribution is 2.23. The average molecular weight is 220 g/mol. The summed E-state index contributed by atoms with van der Waals surface area (Å²) in [6.07, 6.45) is -4.48. The number of rotatable bonds is 2. The summed E-state index contributed by atoms with van der Waals surface area (Å²) in [6.45, 7) is 0. The van der Waals surface area contributed by atoms with E-state index < -0.39 is 11.9 Å². The largest absolute Gasteiger partial charge is 0.434 e. The van der Waals surface area contributed by atoms with Crippen molar-refractivity contribution in [2.75, 3.05) is 0 Å². The quantitative estimate of drug-likeness (QED) is 0.614. The molecule has 2 N–H and O–H groups in total. The first kappa shape index (κ1) is 11.1. The first-order chi connectivity index (χ1) is 6.55. The van der Waals surface area contributed by atoms with E-state index in [0.29, 0.717) is 12.1 Å². The highest BCUT2D eigenvalue weighted by Gasteiger charge is 2.36. The van der Waals surface area contributed by atoms with Gasteiger partial charge in [-0.1, -0.05) is 30.3 Å². The third kappa shape index (κ3) is 2.74. The van der Waals surface area contributed by atoms with Crippen LogP contribution < -0.4 is 5.14 Å². The second kappa shape index (κ2) is 4.47. The molecule has 1 aromatic rings. The zero-order valence-corrected chi connectivity index (χ0v) is 7.77. The Kier molecular flexibility index (Phi) is 3.54. The van der Waals surface area contributed by atoms with Gasteiger partial charge in [0.15, 0.2) is 5.71 Å². The van der Waals surface area contributed by atoms with Gasteiger partial charge in [-0.2, -0.15) is 17.6 Å². The first-order valence-electron chi connectivity index (χ1n) is 3.62. The van der Waals surface area contributed by atoms with Gasteiger partial charge in [-0.05, 0) is 0 Å². The van der Waals surface area contributed by atoms with Gasteiger partial charge in [-0.15, -0.1) is 0 Å². The molecule has 0 aliphatic heterocycles. The topological polar surface area (TPSA) is 38.4 Å². The van der Waals surface area contributed by atoms with E-state index in [1.54, 1.807) is 6.07 Å². The van der Waals surface area contributed by atoms with Crippen LogP contribution in [0.3, 0.4) is 0 Å². The van der Waals surface area contributed by atoms with Gasteiger partial charge >= 0.3 is 6.18 Å². The third-order valence-electron chi connectivity index (χ3n) is 1.46. The number of benzene rings is 1. The molecule has 14 heavy (non-hydrogen) atoms.